The van der Waals surface area contributed by atoms with E-state index in [9.17, 15) is 13.6 Å². The van der Waals surface area contributed by atoms with Crippen molar-refractivity contribution in [3.05, 3.63) is 77.9 Å². The summed E-state index contributed by atoms with van der Waals surface area (Å²) < 4.78 is 32.2. The topological polar surface area (TPSA) is 54.3 Å². The number of para-hydroxylation sites is 1. The lowest BCUT2D eigenvalue weighted by atomic mass is 10.1. The van der Waals surface area contributed by atoms with Crippen molar-refractivity contribution < 1.29 is 18.0 Å². The Kier molecular flexibility index (Phi) is 4.79. The van der Waals surface area contributed by atoms with Gasteiger partial charge in [0.1, 0.15) is 11.2 Å². The number of rotatable bonds is 5. The Bertz CT molecular complexity index is 1170. The molecule has 1 amide bonds. The van der Waals surface area contributed by atoms with E-state index >= 15 is 0 Å². The first-order valence-corrected chi connectivity index (χ1v) is 8.91. The van der Waals surface area contributed by atoms with Crippen LogP contribution in [0.3, 0.4) is 0 Å². The number of nitrogens with one attached hydrogen (secondary N) is 2. The molecule has 0 unspecified atom stereocenters. The van der Waals surface area contributed by atoms with Crippen molar-refractivity contribution in [1.29, 1.82) is 0 Å². The minimum atomic E-state index is -0.906. The highest BCUT2D eigenvalue weighted by atomic mass is 19.2. The Hall–Kier alpha value is -3.25. The lowest BCUT2D eigenvalue weighted by Gasteiger charge is -2.14. The molecular formula is C22H18F2N2O2. The van der Waals surface area contributed by atoms with E-state index in [-0.39, 0.29) is 18.5 Å². The van der Waals surface area contributed by atoms with Crippen molar-refractivity contribution in [1.82, 2.24) is 5.32 Å². The lowest BCUT2D eigenvalue weighted by Crippen LogP contribution is -2.30. The molecule has 28 heavy (non-hydrogen) atoms. The number of hydrogen-bond donors (Lipinski definition) is 2. The highest BCUT2D eigenvalue weighted by molar-refractivity contribution is 6.07. The largest absolute Gasteiger partial charge is 0.456 e. The predicted molar refractivity (Wildman–Crippen MR) is 105 cm³/mol. The Labute approximate surface area is 160 Å². The molecule has 0 saturated carbocycles. The molecule has 0 fully saturated rings. The molecule has 0 aliphatic carbocycles. The van der Waals surface area contributed by atoms with Crippen molar-refractivity contribution in [3.8, 4) is 0 Å². The molecule has 4 nitrogen and oxygen atoms in total. The molecule has 0 radical (unpaired) electrons. The van der Waals surface area contributed by atoms with E-state index in [2.05, 4.69) is 10.6 Å². The van der Waals surface area contributed by atoms with Crippen LogP contribution in [0, 0.1) is 11.6 Å². The van der Waals surface area contributed by atoms with Gasteiger partial charge in [-0.25, -0.2) is 8.78 Å². The van der Waals surface area contributed by atoms with Gasteiger partial charge >= 0.3 is 0 Å². The van der Waals surface area contributed by atoms with Gasteiger partial charge in [0.25, 0.3) is 0 Å². The van der Waals surface area contributed by atoms with Crippen molar-refractivity contribution in [3.63, 3.8) is 0 Å². The Morgan fingerprint density at radius 1 is 0.964 bits per heavy atom. The Morgan fingerprint density at radius 3 is 2.57 bits per heavy atom. The van der Waals surface area contributed by atoms with Crippen LogP contribution in [0.15, 0.2) is 65.1 Å². The fraction of sp³-hybridized carbons (Fsp3) is 0.136. The summed E-state index contributed by atoms with van der Waals surface area (Å²) in [6.07, 6.45) is 0. The van der Waals surface area contributed by atoms with Gasteiger partial charge in [0.05, 0.1) is 6.54 Å². The number of benzene rings is 3. The second-order valence-electron chi connectivity index (χ2n) is 6.63. The van der Waals surface area contributed by atoms with Gasteiger partial charge in [-0.15, -0.1) is 0 Å². The number of carbonyl (C=O) groups excluding carboxylic acids is 1. The molecule has 2 N–H and O–H groups in total. The molecule has 4 rings (SSSR count). The summed E-state index contributed by atoms with van der Waals surface area (Å²) in [5.41, 5.74) is 2.77. The smallest absolute Gasteiger partial charge is 0.238 e. The second-order valence-corrected chi connectivity index (χ2v) is 6.63. The first-order chi connectivity index (χ1) is 13.5. The molecule has 3 aromatic carbocycles. The van der Waals surface area contributed by atoms with Gasteiger partial charge in [0.15, 0.2) is 11.6 Å². The van der Waals surface area contributed by atoms with E-state index in [1.165, 1.54) is 6.07 Å². The van der Waals surface area contributed by atoms with Crippen LogP contribution in [0.2, 0.25) is 0 Å². The summed E-state index contributed by atoms with van der Waals surface area (Å²) in [5.74, 6) is -2.03. The molecule has 4 aromatic rings. The molecular weight excluding hydrogens is 362 g/mol. The molecule has 1 heterocycles. The van der Waals surface area contributed by atoms with E-state index in [0.29, 0.717) is 11.3 Å². The Balaban J connectivity index is 1.43. The van der Waals surface area contributed by atoms with Crippen molar-refractivity contribution in [2.24, 2.45) is 0 Å². The number of carbonyl (C=O) groups is 1. The van der Waals surface area contributed by atoms with Crippen LogP contribution >= 0.6 is 0 Å². The molecule has 6 heteroatoms. The van der Waals surface area contributed by atoms with Crippen LogP contribution in [0.5, 0.6) is 0 Å². The molecule has 0 aliphatic rings. The Morgan fingerprint density at radius 2 is 1.75 bits per heavy atom. The normalized spacial score (nSPS) is 12.4. The first kappa shape index (κ1) is 18.1. The van der Waals surface area contributed by atoms with Crippen LogP contribution in [0.4, 0.5) is 14.5 Å². The third-order valence-electron chi connectivity index (χ3n) is 4.67. The minimum absolute atomic E-state index is 0.0321. The summed E-state index contributed by atoms with van der Waals surface area (Å²) in [5, 5.41) is 7.76. The van der Waals surface area contributed by atoms with Crippen LogP contribution in [-0.4, -0.2) is 12.5 Å². The SMILES string of the molecule is C[C@@H](NCC(=O)Nc1ccc2oc3ccccc3c2c1)c1ccc(F)c(F)c1. The number of furan rings is 1. The molecule has 0 aliphatic heterocycles. The van der Waals surface area contributed by atoms with E-state index in [1.807, 2.05) is 36.4 Å². The quantitative estimate of drug-likeness (QED) is 0.503. The number of halogens is 2. The number of fused-ring (bicyclic) bond motifs is 3. The maximum atomic E-state index is 13.3. The van der Waals surface area contributed by atoms with Crippen molar-refractivity contribution in [2.45, 2.75) is 13.0 Å². The van der Waals surface area contributed by atoms with Crippen molar-refractivity contribution in [2.75, 3.05) is 11.9 Å². The maximum absolute atomic E-state index is 13.3. The van der Waals surface area contributed by atoms with Gasteiger partial charge in [-0.3, -0.25) is 4.79 Å². The number of hydrogen-bond acceptors (Lipinski definition) is 3. The van der Waals surface area contributed by atoms with E-state index < -0.39 is 11.6 Å². The second kappa shape index (κ2) is 7.40. The molecule has 142 valence electrons. The van der Waals surface area contributed by atoms with Gasteiger partial charge in [-0.05, 0) is 48.9 Å². The van der Waals surface area contributed by atoms with Crippen molar-refractivity contribution >= 4 is 33.5 Å². The van der Waals surface area contributed by atoms with Gasteiger partial charge in [0.2, 0.25) is 5.91 Å². The molecule has 0 spiro atoms. The van der Waals surface area contributed by atoms with E-state index in [0.717, 1.165) is 34.1 Å². The summed E-state index contributed by atoms with van der Waals surface area (Å²) in [4.78, 5) is 12.3. The van der Waals surface area contributed by atoms with Gasteiger partial charge in [-0.2, -0.15) is 0 Å². The molecule has 0 saturated heterocycles. The summed E-state index contributed by atoms with van der Waals surface area (Å²) in [6, 6.07) is 16.6. The van der Waals surface area contributed by atoms with Crippen LogP contribution in [0.25, 0.3) is 21.9 Å². The number of amides is 1. The zero-order valence-electron chi connectivity index (χ0n) is 15.1. The van der Waals surface area contributed by atoms with Gasteiger partial charge in [-0.1, -0.05) is 24.3 Å². The zero-order chi connectivity index (χ0) is 19.7. The van der Waals surface area contributed by atoms with Gasteiger partial charge in [0, 0.05) is 22.5 Å². The lowest BCUT2D eigenvalue weighted by molar-refractivity contribution is -0.115. The maximum Gasteiger partial charge on any atom is 0.238 e. The number of anilines is 1. The minimum Gasteiger partial charge on any atom is -0.456 e. The third-order valence-corrected chi connectivity index (χ3v) is 4.67. The van der Waals surface area contributed by atoms with E-state index in [4.69, 9.17) is 4.42 Å². The first-order valence-electron chi connectivity index (χ1n) is 8.91. The highest BCUT2D eigenvalue weighted by Gasteiger charge is 2.12. The highest BCUT2D eigenvalue weighted by Crippen LogP contribution is 2.30. The van der Waals surface area contributed by atoms with Crippen LogP contribution < -0.4 is 10.6 Å². The zero-order valence-corrected chi connectivity index (χ0v) is 15.1. The monoisotopic (exact) mass is 380 g/mol. The van der Waals surface area contributed by atoms with Crippen LogP contribution in [-0.2, 0) is 4.79 Å². The molecule has 1 atom stereocenters. The predicted octanol–water partition coefficient (Wildman–Crippen LogP) is 5.15. The van der Waals surface area contributed by atoms with E-state index in [1.54, 1.807) is 13.0 Å². The van der Waals surface area contributed by atoms with Gasteiger partial charge < -0.3 is 15.1 Å². The van der Waals surface area contributed by atoms with Crippen LogP contribution in [0.1, 0.15) is 18.5 Å². The summed E-state index contributed by atoms with van der Waals surface area (Å²) in [6.45, 7) is 1.81. The standard InChI is InChI=1S/C22H18F2N2O2/c1-13(14-6-8-18(23)19(24)10-14)25-12-22(27)26-15-7-9-21-17(11-15)16-4-2-3-5-20(16)28-21/h2-11,13,25H,12H2,1H3,(H,26,27)/t13-/m1/s1. The summed E-state index contributed by atoms with van der Waals surface area (Å²) in [7, 11) is 0. The summed E-state index contributed by atoms with van der Waals surface area (Å²) >= 11 is 0. The molecule has 1 aromatic heterocycles. The average molecular weight is 380 g/mol. The average Bonchev–Trinajstić information content (AvgIpc) is 3.06. The molecule has 0 bridgehead atoms. The fourth-order valence-corrected chi connectivity index (χ4v) is 3.15. The fourth-order valence-electron chi connectivity index (χ4n) is 3.15. The third kappa shape index (κ3) is 3.59.